The minimum Gasteiger partial charge on any atom is -0.462 e. The summed E-state index contributed by atoms with van der Waals surface area (Å²) in [5.41, 5.74) is 6.14. The van der Waals surface area contributed by atoms with Crippen molar-refractivity contribution >= 4 is 11.5 Å². The second kappa shape index (κ2) is 4.63. The lowest BCUT2D eigenvalue weighted by Crippen LogP contribution is -2.04. The van der Waals surface area contributed by atoms with Crippen LogP contribution in [0.15, 0.2) is 29.1 Å². The first kappa shape index (κ1) is 10.4. The van der Waals surface area contributed by atoms with Crippen molar-refractivity contribution in [2.24, 2.45) is 0 Å². The Balaban J connectivity index is 1.99. The summed E-state index contributed by atoms with van der Waals surface area (Å²) in [5, 5.41) is 11.8. The lowest BCUT2D eigenvalue weighted by Gasteiger charge is -2.04. The second-order valence-electron chi connectivity index (χ2n) is 3.21. The van der Waals surface area contributed by atoms with Crippen LogP contribution in [-0.2, 0) is 13.2 Å². The van der Waals surface area contributed by atoms with Crippen molar-refractivity contribution in [2.75, 3.05) is 11.1 Å². The third kappa shape index (κ3) is 2.29. The molecule has 0 aromatic carbocycles. The molecule has 0 aliphatic rings. The van der Waals surface area contributed by atoms with E-state index in [-0.39, 0.29) is 6.61 Å². The van der Waals surface area contributed by atoms with Gasteiger partial charge in [0.1, 0.15) is 24.5 Å². The van der Waals surface area contributed by atoms with Crippen LogP contribution in [0, 0.1) is 0 Å². The highest BCUT2D eigenvalue weighted by molar-refractivity contribution is 5.58. The lowest BCUT2D eigenvalue weighted by atomic mass is 10.4. The third-order valence-corrected chi connectivity index (χ3v) is 2.04. The van der Waals surface area contributed by atoms with Crippen molar-refractivity contribution in [1.82, 2.24) is 9.97 Å². The zero-order chi connectivity index (χ0) is 11.4. The van der Waals surface area contributed by atoms with Crippen LogP contribution in [0.4, 0.5) is 11.5 Å². The Morgan fingerprint density at radius 1 is 1.38 bits per heavy atom. The van der Waals surface area contributed by atoms with Crippen molar-refractivity contribution in [3.05, 3.63) is 36.2 Å². The van der Waals surface area contributed by atoms with Crippen LogP contribution in [0.2, 0.25) is 0 Å². The van der Waals surface area contributed by atoms with E-state index in [1.807, 2.05) is 0 Å². The van der Waals surface area contributed by atoms with E-state index in [0.717, 1.165) is 0 Å². The van der Waals surface area contributed by atoms with Gasteiger partial charge in [-0.3, -0.25) is 0 Å². The topological polar surface area (TPSA) is 97.2 Å². The summed E-state index contributed by atoms with van der Waals surface area (Å²) in [7, 11) is 0. The van der Waals surface area contributed by atoms with Crippen molar-refractivity contribution in [3.63, 3.8) is 0 Å². The van der Waals surface area contributed by atoms with Gasteiger partial charge in [-0.15, -0.1) is 0 Å². The average molecular weight is 220 g/mol. The lowest BCUT2D eigenvalue weighted by molar-refractivity contribution is 0.244. The van der Waals surface area contributed by atoms with Crippen molar-refractivity contribution in [1.29, 1.82) is 0 Å². The molecule has 0 unspecified atom stereocenters. The van der Waals surface area contributed by atoms with E-state index in [1.54, 1.807) is 12.1 Å². The van der Waals surface area contributed by atoms with Gasteiger partial charge in [0.2, 0.25) is 0 Å². The summed E-state index contributed by atoms with van der Waals surface area (Å²) in [6.45, 7) is 0.358. The molecule has 2 aromatic heterocycles. The molecule has 0 bridgehead atoms. The number of nitrogen functional groups attached to an aromatic ring is 1. The summed E-state index contributed by atoms with van der Waals surface area (Å²) in [6.07, 6.45) is 2.94. The molecular weight excluding hydrogens is 208 g/mol. The molecule has 84 valence electrons. The SMILES string of the molecule is Nc1cncnc1NCc1ccc(CO)o1. The van der Waals surface area contributed by atoms with Crippen molar-refractivity contribution in [3.8, 4) is 0 Å². The van der Waals surface area contributed by atoms with E-state index in [9.17, 15) is 0 Å². The third-order valence-electron chi connectivity index (χ3n) is 2.04. The van der Waals surface area contributed by atoms with Gasteiger partial charge in [0.15, 0.2) is 5.82 Å². The molecule has 2 heterocycles. The quantitative estimate of drug-likeness (QED) is 0.703. The summed E-state index contributed by atoms with van der Waals surface area (Å²) in [6, 6.07) is 3.51. The number of hydrogen-bond acceptors (Lipinski definition) is 6. The molecule has 0 spiro atoms. The van der Waals surface area contributed by atoms with E-state index in [2.05, 4.69) is 15.3 Å². The number of hydrogen-bond donors (Lipinski definition) is 3. The predicted octanol–water partition coefficient (Wildman–Crippen LogP) is 0.756. The first-order valence-electron chi connectivity index (χ1n) is 4.77. The number of nitrogens with two attached hydrogens (primary N) is 1. The van der Waals surface area contributed by atoms with Gasteiger partial charge in [-0.05, 0) is 12.1 Å². The first-order valence-corrected chi connectivity index (χ1v) is 4.77. The van der Waals surface area contributed by atoms with Gasteiger partial charge in [0.25, 0.3) is 0 Å². The van der Waals surface area contributed by atoms with E-state index in [0.29, 0.717) is 29.6 Å². The van der Waals surface area contributed by atoms with Crippen LogP contribution in [0.1, 0.15) is 11.5 Å². The number of nitrogens with one attached hydrogen (secondary N) is 1. The Kier molecular flexibility index (Phi) is 3.02. The maximum Gasteiger partial charge on any atom is 0.153 e. The molecule has 2 aromatic rings. The number of furan rings is 1. The van der Waals surface area contributed by atoms with Gasteiger partial charge in [-0.2, -0.15) is 0 Å². The van der Waals surface area contributed by atoms with Crippen LogP contribution < -0.4 is 11.1 Å². The zero-order valence-electron chi connectivity index (χ0n) is 8.55. The second-order valence-corrected chi connectivity index (χ2v) is 3.21. The minimum atomic E-state index is -0.102. The number of rotatable bonds is 4. The van der Waals surface area contributed by atoms with Crippen molar-refractivity contribution < 1.29 is 9.52 Å². The van der Waals surface area contributed by atoms with Crippen LogP contribution in [0.25, 0.3) is 0 Å². The smallest absolute Gasteiger partial charge is 0.153 e. The molecule has 16 heavy (non-hydrogen) atoms. The molecule has 0 fully saturated rings. The Labute approximate surface area is 92.1 Å². The summed E-state index contributed by atoms with van der Waals surface area (Å²) in [4.78, 5) is 7.77. The molecule has 6 nitrogen and oxygen atoms in total. The van der Waals surface area contributed by atoms with Gasteiger partial charge in [0, 0.05) is 0 Å². The van der Waals surface area contributed by atoms with E-state index in [1.165, 1.54) is 12.5 Å². The summed E-state index contributed by atoms with van der Waals surface area (Å²) < 4.78 is 5.30. The molecule has 4 N–H and O–H groups in total. The normalized spacial score (nSPS) is 10.3. The predicted molar refractivity (Wildman–Crippen MR) is 58.4 cm³/mol. The Morgan fingerprint density at radius 3 is 2.88 bits per heavy atom. The van der Waals surface area contributed by atoms with E-state index < -0.39 is 0 Å². The first-order chi connectivity index (χ1) is 7.79. The molecule has 0 saturated carbocycles. The van der Waals surface area contributed by atoms with E-state index in [4.69, 9.17) is 15.3 Å². The molecular formula is C10H12N4O2. The van der Waals surface area contributed by atoms with E-state index >= 15 is 0 Å². The molecule has 0 aliphatic heterocycles. The average Bonchev–Trinajstić information content (AvgIpc) is 2.76. The highest BCUT2D eigenvalue weighted by Gasteiger charge is 2.03. The number of nitrogens with zero attached hydrogens (tertiary/aromatic N) is 2. The number of aromatic nitrogens is 2. The minimum absolute atomic E-state index is 0.102. The summed E-state index contributed by atoms with van der Waals surface area (Å²) in [5.74, 6) is 1.81. The fraction of sp³-hybridized carbons (Fsp3) is 0.200. The van der Waals surface area contributed by atoms with Gasteiger partial charge < -0.3 is 20.6 Å². The fourth-order valence-corrected chi connectivity index (χ4v) is 1.26. The number of aliphatic hydroxyl groups is 1. The number of aliphatic hydroxyl groups excluding tert-OH is 1. The molecule has 2 rings (SSSR count). The highest BCUT2D eigenvalue weighted by atomic mass is 16.4. The monoisotopic (exact) mass is 220 g/mol. The van der Waals surface area contributed by atoms with Crippen LogP contribution in [-0.4, -0.2) is 15.1 Å². The number of anilines is 2. The zero-order valence-corrected chi connectivity index (χ0v) is 8.55. The van der Waals surface area contributed by atoms with Crippen LogP contribution in [0.3, 0.4) is 0 Å². The Morgan fingerprint density at radius 2 is 2.19 bits per heavy atom. The summed E-state index contributed by atoms with van der Waals surface area (Å²) >= 11 is 0. The van der Waals surface area contributed by atoms with Gasteiger partial charge in [0.05, 0.1) is 18.4 Å². The van der Waals surface area contributed by atoms with Gasteiger partial charge in [-0.25, -0.2) is 9.97 Å². The largest absolute Gasteiger partial charge is 0.462 e. The van der Waals surface area contributed by atoms with Crippen LogP contribution >= 0.6 is 0 Å². The van der Waals surface area contributed by atoms with Gasteiger partial charge in [-0.1, -0.05) is 0 Å². The standard InChI is InChI=1S/C10H12N4O2/c11-9-4-12-6-14-10(9)13-3-7-1-2-8(5-15)16-7/h1-2,4,6,15H,3,5,11H2,(H,12,13,14). The molecule has 6 heteroatoms. The Bertz CT molecular complexity index is 469. The Hall–Kier alpha value is -2.08. The molecule has 0 radical (unpaired) electrons. The van der Waals surface area contributed by atoms with Crippen LogP contribution in [0.5, 0.6) is 0 Å². The highest BCUT2D eigenvalue weighted by Crippen LogP contribution is 2.14. The molecule has 0 amide bonds. The van der Waals surface area contributed by atoms with Crippen molar-refractivity contribution in [2.45, 2.75) is 13.2 Å². The maximum atomic E-state index is 8.83. The fourth-order valence-electron chi connectivity index (χ4n) is 1.26. The molecule has 0 saturated heterocycles. The molecule has 0 aliphatic carbocycles. The maximum absolute atomic E-state index is 8.83. The van der Waals surface area contributed by atoms with Gasteiger partial charge >= 0.3 is 0 Å². The molecule has 0 atom stereocenters.